The molecule has 92 valence electrons. The highest BCUT2D eigenvalue weighted by molar-refractivity contribution is 5.95. The first kappa shape index (κ1) is 11.8. The summed E-state index contributed by atoms with van der Waals surface area (Å²) in [5.41, 5.74) is 13.4. The molecule has 2 rings (SSSR count). The molecule has 1 aromatic carbocycles. The standard InChI is InChI=1S/C13H19N3O/c1-13(2)6-3-7-16(13)11-5-4-9(12(15)17)8-10(11)14/h4-5,8H,3,6-7,14H2,1-2H3,(H2,15,17). The fourth-order valence-electron chi connectivity index (χ4n) is 2.51. The van der Waals surface area contributed by atoms with E-state index < -0.39 is 5.91 Å². The lowest BCUT2D eigenvalue weighted by Crippen LogP contribution is -2.38. The van der Waals surface area contributed by atoms with Crippen LogP contribution < -0.4 is 16.4 Å². The summed E-state index contributed by atoms with van der Waals surface area (Å²) < 4.78 is 0. The van der Waals surface area contributed by atoms with Crippen LogP contribution >= 0.6 is 0 Å². The molecule has 0 radical (unpaired) electrons. The van der Waals surface area contributed by atoms with Crippen molar-refractivity contribution in [1.29, 1.82) is 0 Å². The van der Waals surface area contributed by atoms with Crippen molar-refractivity contribution >= 4 is 17.3 Å². The molecule has 1 heterocycles. The van der Waals surface area contributed by atoms with Crippen molar-refractivity contribution in [3.05, 3.63) is 23.8 Å². The number of rotatable bonds is 2. The maximum Gasteiger partial charge on any atom is 0.248 e. The second-order valence-electron chi connectivity index (χ2n) is 5.21. The number of hydrogen-bond acceptors (Lipinski definition) is 3. The average molecular weight is 233 g/mol. The number of primary amides is 1. The second kappa shape index (κ2) is 3.95. The molecule has 1 amide bonds. The van der Waals surface area contributed by atoms with Crippen LogP contribution in [0.5, 0.6) is 0 Å². The van der Waals surface area contributed by atoms with Crippen LogP contribution in [0.3, 0.4) is 0 Å². The van der Waals surface area contributed by atoms with Gasteiger partial charge in [-0.3, -0.25) is 4.79 Å². The highest BCUT2D eigenvalue weighted by atomic mass is 16.1. The number of hydrogen-bond donors (Lipinski definition) is 2. The number of benzene rings is 1. The summed E-state index contributed by atoms with van der Waals surface area (Å²) in [5.74, 6) is -0.441. The smallest absolute Gasteiger partial charge is 0.248 e. The van der Waals surface area contributed by atoms with E-state index in [0.717, 1.165) is 18.7 Å². The van der Waals surface area contributed by atoms with Gasteiger partial charge in [0.2, 0.25) is 5.91 Å². The molecule has 1 aliphatic heterocycles. The first-order valence-electron chi connectivity index (χ1n) is 5.89. The third kappa shape index (κ3) is 2.07. The molecule has 0 bridgehead atoms. The summed E-state index contributed by atoms with van der Waals surface area (Å²) in [6.45, 7) is 5.43. The van der Waals surface area contributed by atoms with Crippen LogP contribution in [0.4, 0.5) is 11.4 Å². The molecule has 0 aliphatic carbocycles. The Balaban J connectivity index is 2.37. The minimum absolute atomic E-state index is 0.127. The quantitative estimate of drug-likeness (QED) is 0.764. The minimum Gasteiger partial charge on any atom is -0.397 e. The van der Waals surface area contributed by atoms with Crippen molar-refractivity contribution < 1.29 is 4.79 Å². The van der Waals surface area contributed by atoms with E-state index in [2.05, 4.69) is 18.7 Å². The lowest BCUT2D eigenvalue weighted by atomic mass is 10.0. The van der Waals surface area contributed by atoms with E-state index in [4.69, 9.17) is 11.5 Å². The average Bonchev–Trinajstić information content (AvgIpc) is 2.58. The van der Waals surface area contributed by atoms with Crippen molar-refractivity contribution in [2.45, 2.75) is 32.2 Å². The summed E-state index contributed by atoms with van der Waals surface area (Å²) in [6, 6.07) is 5.29. The van der Waals surface area contributed by atoms with Gasteiger partial charge in [-0.15, -0.1) is 0 Å². The molecule has 1 fully saturated rings. The van der Waals surface area contributed by atoms with Crippen molar-refractivity contribution in [3.8, 4) is 0 Å². The van der Waals surface area contributed by atoms with Gasteiger partial charge in [0.15, 0.2) is 0 Å². The Kier molecular flexibility index (Phi) is 2.73. The number of nitrogens with zero attached hydrogens (tertiary/aromatic N) is 1. The Morgan fingerprint density at radius 3 is 2.59 bits per heavy atom. The van der Waals surface area contributed by atoms with Crippen LogP contribution in [0.25, 0.3) is 0 Å². The molecule has 17 heavy (non-hydrogen) atoms. The molecule has 0 saturated carbocycles. The summed E-state index contributed by atoms with van der Waals surface area (Å²) in [7, 11) is 0. The van der Waals surface area contributed by atoms with Gasteiger partial charge >= 0.3 is 0 Å². The van der Waals surface area contributed by atoms with Crippen molar-refractivity contribution in [1.82, 2.24) is 0 Å². The summed E-state index contributed by atoms with van der Waals surface area (Å²) in [6.07, 6.45) is 2.33. The van der Waals surface area contributed by atoms with Gasteiger partial charge in [-0.25, -0.2) is 0 Å². The fourth-order valence-corrected chi connectivity index (χ4v) is 2.51. The molecular weight excluding hydrogens is 214 g/mol. The van der Waals surface area contributed by atoms with Crippen LogP contribution in [0, 0.1) is 0 Å². The monoisotopic (exact) mass is 233 g/mol. The van der Waals surface area contributed by atoms with Gasteiger partial charge in [0, 0.05) is 17.6 Å². The van der Waals surface area contributed by atoms with Gasteiger partial charge in [-0.2, -0.15) is 0 Å². The van der Waals surface area contributed by atoms with E-state index >= 15 is 0 Å². The lowest BCUT2D eigenvalue weighted by Gasteiger charge is -2.34. The predicted octanol–water partition coefficient (Wildman–Crippen LogP) is 1.75. The second-order valence-corrected chi connectivity index (χ2v) is 5.21. The molecular formula is C13H19N3O. The van der Waals surface area contributed by atoms with E-state index in [0.29, 0.717) is 11.3 Å². The van der Waals surface area contributed by atoms with Gasteiger partial charge in [0.25, 0.3) is 0 Å². The van der Waals surface area contributed by atoms with Crippen molar-refractivity contribution in [3.63, 3.8) is 0 Å². The van der Waals surface area contributed by atoms with E-state index in [1.807, 2.05) is 6.07 Å². The number of anilines is 2. The summed E-state index contributed by atoms with van der Waals surface area (Å²) >= 11 is 0. The van der Waals surface area contributed by atoms with E-state index in [9.17, 15) is 4.79 Å². The molecule has 4 nitrogen and oxygen atoms in total. The number of amides is 1. The van der Waals surface area contributed by atoms with Crippen LogP contribution in [0.1, 0.15) is 37.0 Å². The molecule has 1 aromatic rings. The van der Waals surface area contributed by atoms with Crippen LogP contribution in [0.2, 0.25) is 0 Å². The minimum atomic E-state index is -0.441. The zero-order chi connectivity index (χ0) is 12.6. The lowest BCUT2D eigenvalue weighted by molar-refractivity contribution is 0.100. The summed E-state index contributed by atoms with van der Waals surface area (Å²) in [5, 5.41) is 0. The highest BCUT2D eigenvalue weighted by Crippen LogP contribution is 2.36. The van der Waals surface area contributed by atoms with E-state index in [1.54, 1.807) is 12.1 Å². The number of carbonyl (C=O) groups excluding carboxylic acids is 1. The molecule has 0 unspecified atom stereocenters. The van der Waals surface area contributed by atoms with Gasteiger partial charge in [0.05, 0.1) is 11.4 Å². The number of nitrogens with two attached hydrogens (primary N) is 2. The Morgan fingerprint density at radius 1 is 1.41 bits per heavy atom. The maximum absolute atomic E-state index is 11.1. The Bertz CT molecular complexity index is 454. The first-order valence-corrected chi connectivity index (χ1v) is 5.89. The van der Waals surface area contributed by atoms with Gasteiger partial charge in [0.1, 0.15) is 0 Å². The normalized spacial score (nSPS) is 18.4. The molecule has 0 aromatic heterocycles. The fraction of sp³-hybridized carbons (Fsp3) is 0.462. The zero-order valence-corrected chi connectivity index (χ0v) is 10.4. The third-order valence-electron chi connectivity index (χ3n) is 3.50. The largest absolute Gasteiger partial charge is 0.397 e. The van der Waals surface area contributed by atoms with Gasteiger partial charge in [-0.05, 0) is 44.9 Å². The first-order chi connectivity index (χ1) is 7.92. The van der Waals surface area contributed by atoms with Crippen LogP contribution in [-0.2, 0) is 0 Å². The Hall–Kier alpha value is -1.71. The predicted molar refractivity (Wildman–Crippen MR) is 70.0 cm³/mol. The van der Waals surface area contributed by atoms with Crippen LogP contribution in [0.15, 0.2) is 18.2 Å². The number of nitrogen functional groups attached to an aromatic ring is 1. The maximum atomic E-state index is 11.1. The topological polar surface area (TPSA) is 72.3 Å². The number of carbonyl (C=O) groups is 1. The van der Waals surface area contributed by atoms with E-state index in [-0.39, 0.29) is 5.54 Å². The van der Waals surface area contributed by atoms with Crippen molar-refractivity contribution in [2.24, 2.45) is 5.73 Å². The van der Waals surface area contributed by atoms with Crippen LogP contribution in [-0.4, -0.2) is 18.0 Å². The molecule has 1 saturated heterocycles. The molecule has 1 aliphatic rings. The third-order valence-corrected chi connectivity index (χ3v) is 3.50. The Labute approximate surface area is 102 Å². The van der Waals surface area contributed by atoms with Gasteiger partial charge < -0.3 is 16.4 Å². The SMILES string of the molecule is CC1(C)CCCN1c1ccc(C(N)=O)cc1N. The molecule has 4 heteroatoms. The van der Waals surface area contributed by atoms with Crippen molar-refractivity contribution in [2.75, 3.05) is 17.2 Å². The highest BCUT2D eigenvalue weighted by Gasteiger charge is 2.32. The molecule has 0 spiro atoms. The van der Waals surface area contributed by atoms with Gasteiger partial charge in [-0.1, -0.05) is 0 Å². The molecule has 4 N–H and O–H groups in total. The Morgan fingerprint density at radius 2 is 2.12 bits per heavy atom. The molecule has 0 atom stereocenters. The zero-order valence-electron chi connectivity index (χ0n) is 10.4. The summed E-state index contributed by atoms with van der Waals surface area (Å²) in [4.78, 5) is 13.4. The van der Waals surface area contributed by atoms with E-state index in [1.165, 1.54) is 6.42 Å².